The predicted octanol–water partition coefficient (Wildman–Crippen LogP) is 2.28. The number of likely N-dealkylation sites (tertiary alicyclic amines) is 1. The van der Waals surface area contributed by atoms with Crippen LogP contribution in [-0.4, -0.2) is 43.3 Å². The second-order valence-electron chi connectivity index (χ2n) is 7.18. The third-order valence-electron chi connectivity index (χ3n) is 5.08. The van der Waals surface area contributed by atoms with Gasteiger partial charge in [0.1, 0.15) is 11.4 Å². The molecule has 0 radical (unpaired) electrons. The molecule has 0 saturated carbocycles. The number of piperidine rings is 1. The number of hydrogen-bond acceptors (Lipinski definition) is 6. The maximum Gasteiger partial charge on any atom is 0.409 e. The number of anilines is 2. The largest absolute Gasteiger partial charge is 0.450 e. The van der Waals surface area contributed by atoms with Crippen molar-refractivity contribution in [1.82, 2.24) is 4.90 Å². The van der Waals surface area contributed by atoms with Gasteiger partial charge >= 0.3 is 6.09 Å². The number of carbonyl (C=O) groups is 1. The number of nitrogens with zero attached hydrogens (tertiary/aromatic N) is 1. The molecule has 2 aromatic carbocycles. The Morgan fingerprint density at radius 3 is 2.57 bits per heavy atom. The summed E-state index contributed by atoms with van der Waals surface area (Å²) in [4.78, 5) is 37.4. The van der Waals surface area contributed by atoms with Crippen molar-refractivity contribution in [2.24, 2.45) is 0 Å². The van der Waals surface area contributed by atoms with Crippen LogP contribution in [0.25, 0.3) is 0 Å². The molecule has 0 spiro atoms. The first-order chi connectivity index (χ1) is 13.5. The molecule has 7 heteroatoms. The Balaban J connectivity index is 1.52. The monoisotopic (exact) mass is 385 g/mol. The first-order valence-corrected chi connectivity index (χ1v) is 9.80. The van der Waals surface area contributed by atoms with Gasteiger partial charge in [0.2, 0.25) is 0 Å². The maximum atomic E-state index is 12.0. The second-order valence-corrected chi connectivity index (χ2v) is 7.18. The van der Waals surface area contributed by atoms with E-state index in [0.29, 0.717) is 50.5 Å². The molecule has 0 aromatic heterocycles. The van der Waals surface area contributed by atoms with Gasteiger partial charge < -0.3 is 20.3 Å². The topological polar surface area (TPSA) is 87.7 Å². The molecule has 0 aliphatic carbocycles. The highest BCUT2D eigenvalue weighted by molar-refractivity contribution is 5.74. The first kappa shape index (κ1) is 19.9. The van der Waals surface area contributed by atoms with Crippen molar-refractivity contribution in [3.8, 4) is 0 Å². The average Bonchev–Trinajstić information content (AvgIpc) is 2.70. The number of benzene rings is 1. The van der Waals surface area contributed by atoms with Crippen LogP contribution in [0.15, 0.2) is 33.9 Å². The van der Waals surface area contributed by atoms with Crippen molar-refractivity contribution in [2.75, 3.05) is 36.9 Å². The molecular formula is C21H27N3O4. The molecule has 0 unspecified atom stereocenters. The highest BCUT2D eigenvalue weighted by Gasteiger charge is 2.27. The van der Waals surface area contributed by atoms with E-state index >= 15 is 0 Å². The van der Waals surface area contributed by atoms with Gasteiger partial charge in [-0.05, 0) is 38.7 Å². The zero-order chi connectivity index (χ0) is 20.1. The normalized spacial score (nSPS) is 14.9. The van der Waals surface area contributed by atoms with E-state index in [-0.39, 0.29) is 12.1 Å². The number of carbonyl (C=O) groups excluding carboxylic acids is 1. The van der Waals surface area contributed by atoms with Crippen LogP contribution in [0.2, 0.25) is 0 Å². The van der Waals surface area contributed by atoms with E-state index in [0.717, 1.165) is 6.42 Å². The molecule has 1 fully saturated rings. The number of aryl methyl sites for hydroxylation is 1. The Morgan fingerprint density at radius 1 is 1.18 bits per heavy atom. The van der Waals surface area contributed by atoms with Crippen LogP contribution < -0.4 is 21.5 Å². The molecule has 0 atom stereocenters. The third kappa shape index (κ3) is 4.52. The Morgan fingerprint density at radius 2 is 1.89 bits per heavy atom. The molecule has 3 rings (SSSR count). The molecular weight excluding hydrogens is 358 g/mol. The summed E-state index contributed by atoms with van der Waals surface area (Å²) >= 11 is 0. The fourth-order valence-corrected chi connectivity index (χ4v) is 3.52. The van der Waals surface area contributed by atoms with Gasteiger partial charge in [-0.3, -0.25) is 9.59 Å². The van der Waals surface area contributed by atoms with Gasteiger partial charge in [0.15, 0.2) is 0 Å². The molecule has 2 N–H and O–H groups in total. The lowest BCUT2D eigenvalue weighted by atomic mass is 10.0. The van der Waals surface area contributed by atoms with E-state index < -0.39 is 10.9 Å². The van der Waals surface area contributed by atoms with Gasteiger partial charge in [-0.25, -0.2) is 4.79 Å². The summed E-state index contributed by atoms with van der Waals surface area (Å²) in [5.41, 5.74) is 2.21. The zero-order valence-electron chi connectivity index (χ0n) is 16.4. The smallest absolute Gasteiger partial charge is 0.409 e. The highest BCUT2D eigenvalue weighted by atomic mass is 16.6. The zero-order valence-corrected chi connectivity index (χ0v) is 16.4. The highest BCUT2D eigenvalue weighted by Crippen LogP contribution is 2.20. The predicted molar refractivity (Wildman–Crippen MR) is 110 cm³/mol. The Labute approximate surface area is 164 Å². The van der Waals surface area contributed by atoms with Crippen molar-refractivity contribution < 1.29 is 9.53 Å². The van der Waals surface area contributed by atoms with E-state index in [9.17, 15) is 14.4 Å². The summed E-state index contributed by atoms with van der Waals surface area (Å²) in [6.45, 7) is 5.92. The molecule has 2 aromatic rings. The number of ether oxygens (including phenoxy) is 1. The summed E-state index contributed by atoms with van der Waals surface area (Å²) in [6.07, 6.45) is 1.90. The maximum absolute atomic E-state index is 12.0. The Bertz CT molecular complexity index is 893. The summed E-state index contributed by atoms with van der Waals surface area (Å²) in [6, 6.07) is 8.28. The fraction of sp³-hybridized carbons (Fsp3) is 0.476. The summed E-state index contributed by atoms with van der Waals surface area (Å²) in [5, 5.41) is 6.32. The molecule has 1 aliphatic heterocycles. The molecule has 1 heterocycles. The van der Waals surface area contributed by atoms with E-state index in [4.69, 9.17) is 4.74 Å². The SMILES string of the molecule is CCOC(=O)N1CCC(Nc2c(NCCc3cccc(C)c3)c(=O)c2=O)CC1. The molecule has 0 bridgehead atoms. The molecule has 7 nitrogen and oxygen atoms in total. The minimum atomic E-state index is -0.467. The minimum Gasteiger partial charge on any atom is -0.450 e. The van der Waals surface area contributed by atoms with Gasteiger partial charge in [-0.15, -0.1) is 0 Å². The number of amides is 1. The molecule has 150 valence electrons. The van der Waals surface area contributed by atoms with Crippen LogP contribution in [-0.2, 0) is 11.2 Å². The van der Waals surface area contributed by atoms with Crippen molar-refractivity contribution in [3.05, 3.63) is 55.8 Å². The summed E-state index contributed by atoms with van der Waals surface area (Å²) in [7, 11) is 0. The average molecular weight is 385 g/mol. The fourth-order valence-electron chi connectivity index (χ4n) is 3.52. The molecule has 1 saturated heterocycles. The molecule has 1 aliphatic rings. The van der Waals surface area contributed by atoms with E-state index in [1.165, 1.54) is 11.1 Å². The van der Waals surface area contributed by atoms with Crippen LogP contribution in [0.3, 0.4) is 0 Å². The Hall–Kier alpha value is -2.83. The number of rotatable bonds is 7. The lowest BCUT2D eigenvalue weighted by Gasteiger charge is -2.32. The van der Waals surface area contributed by atoms with Gasteiger partial charge in [0, 0.05) is 25.7 Å². The van der Waals surface area contributed by atoms with Crippen molar-refractivity contribution >= 4 is 17.5 Å². The van der Waals surface area contributed by atoms with Crippen molar-refractivity contribution in [1.29, 1.82) is 0 Å². The second kappa shape index (κ2) is 8.91. The van der Waals surface area contributed by atoms with Gasteiger partial charge in [-0.2, -0.15) is 0 Å². The standard InChI is InChI=1S/C21H27N3O4/c1-3-28-21(27)24-11-8-16(9-12-24)23-18-17(19(25)20(18)26)22-10-7-15-6-4-5-14(2)13-15/h4-6,13,16,22-23H,3,7-12H2,1-2H3. The first-order valence-electron chi connectivity index (χ1n) is 9.80. The Kier molecular flexibility index (Phi) is 6.34. The molecule has 1 amide bonds. The van der Waals surface area contributed by atoms with Crippen molar-refractivity contribution in [2.45, 2.75) is 39.2 Å². The van der Waals surface area contributed by atoms with Crippen LogP contribution in [0.4, 0.5) is 16.2 Å². The number of nitrogens with one attached hydrogen (secondary N) is 2. The number of hydrogen-bond donors (Lipinski definition) is 2. The van der Waals surface area contributed by atoms with Gasteiger partial charge in [0.05, 0.1) is 6.61 Å². The summed E-state index contributed by atoms with van der Waals surface area (Å²) in [5.74, 6) is 0. The van der Waals surface area contributed by atoms with E-state index in [2.05, 4.69) is 16.7 Å². The van der Waals surface area contributed by atoms with Gasteiger partial charge in [-0.1, -0.05) is 29.8 Å². The lowest BCUT2D eigenvalue weighted by Crippen LogP contribution is -2.45. The van der Waals surface area contributed by atoms with Gasteiger partial charge in [0.25, 0.3) is 10.9 Å². The minimum absolute atomic E-state index is 0.0614. The summed E-state index contributed by atoms with van der Waals surface area (Å²) < 4.78 is 5.01. The molecule has 28 heavy (non-hydrogen) atoms. The van der Waals surface area contributed by atoms with Crippen LogP contribution in [0.5, 0.6) is 0 Å². The van der Waals surface area contributed by atoms with Crippen LogP contribution in [0, 0.1) is 6.92 Å². The third-order valence-corrected chi connectivity index (χ3v) is 5.08. The van der Waals surface area contributed by atoms with Crippen LogP contribution in [0.1, 0.15) is 30.9 Å². The van der Waals surface area contributed by atoms with Crippen molar-refractivity contribution in [3.63, 3.8) is 0 Å². The van der Waals surface area contributed by atoms with E-state index in [1.54, 1.807) is 11.8 Å². The van der Waals surface area contributed by atoms with Crippen LogP contribution >= 0.6 is 0 Å². The van der Waals surface area contributed by atoms with E-state index in [1.807, 2.05) is 25.1 Å². The lowest BCUT2D eigenvalue weighted by molar-refractivity contribution is 0.0983. The quantitative estimate of drug-likeness (QED) is 0.711.